The summed E-state index contributed by atoms with van der Waals surface area (Å²) in [5.41, 5.74) is 1.07. The summed E-state index contributed by atoms with van der Waals surface area (Å²) in [6.45, 7) is 2.15. The number of aryl methyl sites for hydroxylation is 1. The van der Waals surface area contributed by atoms with Crippen LogP contribution in [0.3, 0.4) is 0 Å². The second-order valence-electron chi connectivity index (χ2n) is 7.76. The molecule has 1 aliphatic carbocycles. The number of tetrazole rings is 1. The molecule has 1 saturated carbocycles. The van der Waals surface area contributed by atoms with E-state index in [1.807, 2.05) is 11.9 Å². The molecule has 0 spiro atoms. The standard InChI is InChI=1S/C20H25FN8O/c1-4-12-5-8-15(21)16(9-12)28(2)18-11-22-20(24-23-18)14-7-6-13(10-17(14)30)19-25-27-29(3)26-19/h6-7,10-12,15-16,30H,4-5,8-9H2,1-3H3/t12-,15+,16-/m1/s1. The Balaban J connectivity index is 1.53. The number of nitrogens with zero attached hydrogens (tertiary/aromatic N) is 8. The van der Waals surface area contributed by atoms with E-state index in [0.29, 0.717) is 35.1 Å². The van der Waals surface area contributed by atoms with Crippen LogP contribution in [-0.4, -0.2) is 59.8 Å². The van der Waals surface area contributed by atoms with Gasteiger partial charge in [0.05, 0.1) is 24.8 Å². The van der Waals surface area contributed by atoms with Crippen molar-refractivity contribution in [3.05, 3.63) is 24.4 Å². The van der Waals surface area contributed by atoms with Gasteiger partial charge in [-0.05, 0) is 42.5 Å². The van der Waals surface area contributed by atoms with Crippen molar-refractivity contribution in [2.24, 2.45) is 13.0 Å². The van der Waals surface area contributed by atoms with Crippen LogP contribution < -0.4 is 4.90 Å². The van der Waals surface area contributed by atoms with E-state index in [1.54, 1.807) is 25.4 Å². The second-order valence-corrected chi connectivity index (χ2v) is 7.76. The molecule has 4 rings (SSSR count). The van der Waals surface area contributed by atoms with E-state index in [1.165, 1.54) is 10.9 Å². The lowest BCUT2D eigenvalue weighted by Gasteiger charge is -2.37. The van der Waals surface area contributed by atoms with E-state index < -0.39 is 6.17 Å². The molecule has 1 aromatic carbocycles. The summed E-state index contributed by atoms with van der Waals surface area (Å²) in [7, 11) is 3.50. The fourth-order valence-corrected chi connectivity index (χ4v) is 3.95. The molecule has 0 bridgehead atoms. The minimum absolute atomic E-state index is 0.00949. The lowest BCUT2D eigenvalue weighted by atomic mass is 9.82. The van der Waals surface area contributed by atoms with E-state index in [2.05, 4.69) is 37.5 Å². The minimum Gasteiger partial charge on any atom is -0.507 e. The van der Waals surface area contributed by atoms with E-state index >= 15 is 0 Å². The molecule has 1 aliphatic rings. The number of anilines is 1. The van der Waals surface area contributed by atoms with Gasteiger partial charge >= 0.3 is 0 Å². The molecule has 0 radical (unpaired) electrons. The zero-order valence-electron chi connectivity index (χ0n) is 17.3. The number of phenolic OH excluding ortho intramolecular Hbond substituents is 1. The Bertz CT molecular complexity index is 1010. The first-order chi connectivity index (χ1) is 14.5. The van der Waals surface area contributed by atoms with Gasteiger partial charge in [0, 0.05) is 12.6 Å². The number of phenols is 1. The van der Waals surface area contributed by atoms with Crippen LogP contribution in [0.2, 0.25) is 0 Å². The molecule has 9 nitrogen and oxygen atoms in total. The normalized spacial score (nSPS) is 21.5. The van der Waals surface area contributed by atoms with Crippen molar-refractivity contribution in [2.75, 3.05) is 11.9 Å². The van der Waals surface area contributed by atoms with Gasteiger partial charge in [0.2, 0.25) is 5.82 Å². The zero-order chi connectivity index (χ0) is 21.3. The van der Waals surface area contributed by atoms with Gasteiger partial charge in [-0.3, -0.25) is 0 Å². The maximum atomic E-state index is 14.5. The average molecular weight is 412 g/mol. The summed E-state index contributed by atoms with van der Waals surface area (Å²) in [5.74, 6) is 1.74. The highest BCUT2D eigenvalue weighted by atomic mass is 19.1. The molecule has 3 aromatic rings. The average Bonchev–Trinajstić information content (AvgIpc) is 3.20. The topological polar surface area (TPSA) is 106 Å². The Morgan fingerprint density at radius 1 is 1.20 bits per heavy atom. The molecule has 2 heterocycles. The molecule has 10 heteroatoms. The van der Waals surface area contributed by atoms with Crippen LogP contribution in [0, 0.1) is 5.92 Å². The molecule has 0 unspecified atom stereocenters. The third-order valence-electron chi connectivity index (χ3n) is 5.83. The largest absolute Gasteiger partial charge is 0.507 e. The summed E-state index contributed by atoms with van der Waals surface area (Å²) >= 11 is 0. The van der Waals surface area contributed by atoms with Crippen LogP contribution in [0.1, 0.15) is 32.6 Å². The van der Waals surface area contributed by atoms with E-state index in [0.717, 1.165) is 19.3 Å². The molecule has 0 aliphatic heterocycles. The maximum Gasteiger partial charge on any atom is 0.205 e. The monoisotopic (exact) mass is 412 g/mol. The van der Waals surface area contributed by atoms with Crippen molar-refractivity contribution in [1.82, 2.24) is 35.4 Å². The SMILES string of the molecule is CC[C@@H]1CC[C@H](F)[C@H](N(C)c2cnc(-c3ccc(-c4nnn(C)n4)cc3O)nn2)C1. The zero-order valence-corrected chi connectivity index (χ0v) is 17.3. The summed E-state index contributed by atoms with van der Waals surface area (Å²) in [6, 6.07) is 4.76. The lowest BCUT2D eigenvalue weighted by Crippen LogP contribution is -2.44. The van der Waals surface area contributed by atoms with Crippen LogP contribution in [0.25, 0.3) is 22.8 Å². The number of halogens is 1. The van der Waals surface area contributed by atoms with Crippen molar-refractivity contribution in [2.45, 2.75) is 44.8 Å². The van der Waals surface area contributed by atoms with E-state index in [-0.39, 0.29) is 17.6 Å². The molecule has 30 heavy (non-hydrogen) atoms. The first-order valence-corrected chi connectivity index (χ1v) is 10.1. The number of aromatic nitrogens is 7. The summed E-state index contributed by atoms with van der Waals surface area (Å²) in [5, 5.41) is 30.7. The fourth-order valence-electron chi connectivity index (χ4n) is 3.95. The Hall–Kier alpha value is -3.17. The van der Waals surface area contributed by atoms with Crippen molar-refractivity contribution in [3.63, 3.8) is 0 Å². The highest BCUT2D eigenvalue weighted by Crippen LogP contribution is 2.33. The van der Waals surface area contributed by atoms with Crippen molar-refractivity contribution < 1.29 is 9.50 Å². The number of rotatable bonds is 5. The van der Waals surface area contributed by atoms with Crippen LogP contribution in [0.5, 0.6) is 5.75 Å². The smallest absolute Gasteiger partial charge is 0.205 e. The molecule has 0 amide bonds. The Kier molecular flexibility index (Phi) is 5.56. The van der Waals surface area contributed by atoms with Crippen LogP contribution in [0.4, 0.5) is 10.2 Å². The van der Waals surface area contributed by atoms with Gasteiger partial charge in [-0.2, -0.15) is 4.80 Å². The van der Waals surface area contributed by atoms with Gasteiger partial charge in [0.1, 0.15) is 11.9 Å². The third kappa shape index (κ3) is 3.94. The Morgan fingerprint density at radius 3 is 2.67 bits per heavy atom. The van der Waals surface area contributed by atoms with Gasteiger partial charge in [0.25, 0.3) is 0 Å². The van der Waals surface area contributed by atoms with Gasteiger partial charge < -0.3 is 10.0 Å². The molecule has 2 aromatic heterocycles. The molecule has 158 valence electrons. The van der Waals surface area contributed by atoms with Gasteiger partial charge in [0.15, 0.2) is 11.6 Å². The molecular weight excluding hydrogens is 387 g/mol. The van der Waals surface area contributed by atoms with Crippen LogP contribution in [0.15, 0.2) is 24.4 Å². The Labute approximate surface area is 174 Å². The highest BCUT2D eigenvalue weighted by molar-refractivity contribution is 5.69. The predicted octanol–water partition coefficient (Wildman–Crippen LogP) is 2.79. The minimum atomic E-state index is -0.884. The quantitative estimate of drug-likeness (QED) is 0.682. The lowest BCUT2D eigenvalue weighted by molar-refractivity contribution is 0.170. The Morgan fingerprint density at radius 2 is 2.03 bits per heavy atom. The molecule has 1 N–H and O–H groups in total. The van der Waals surface area contributed by atoms with Crippen LogP contribution >= 0.6 is 0 Å². The number of alkyl halides is 1. The van der Waals surface area contributed by atoms with Crippen LogP contribution in [-0.2, 0) is 7.05 Å². The molecule has 1 fully saturated rings. The summed E-state index contributed by atoms with van der Waals surface area (Å²) in [6.07, 6.45) is 4.06. The second kappa shape index (κ2) is 8.29. The third-order valence-corrected chi connectivity index (χ3v) is 5.83. The number of aromatic hydroxyl groups is 1. The maximum absolute atomic E-state index is 14.5. The molecular formula is C20H25FN8O. The summed E-state index contributed by atoms with van der Waals surface area (Å²) in [4.78, 5) is 7.53. The van der Waals surface area contributed by atoms with Gasteiger partial charge in [-0.15, -0.1) is 20.4 Å². The molecule has 0 saturated heterocycles. The number of hydrogen-bond donors (Lipinski definition) is 1. The molecule has 3 atom stereocenters. The fraction of sp³-hybridized carbons (Fsp3) is 0.500. The van der Waals surface area contributed by atoms with Crippen molar-refractivity contribution >= 4 is 5.82 Å². The summed E-state index contributed by atoms with van der Waals surface area (Å²) < 4.78 is 14.5. The van der Waals surface area contributed by atoms with Crippen molar-refractivity contribution in [1.29, 1.82) is 0 Å². The van der Waals surface area contributed by atoms with E-state index in [4.69, 9.17) is 0 Å². The van der Waals surface area contributed by atoms with Gasteiger partial charge in [-0.25, -0.2) is 9.37 Å². The first-order valence-electron chi connectivity index (χ1n) is 10.1. The predicted molar refractivity (Wildman–Crippen MR) is 109 cm³/mol. The first kappa shape index (κ1) is 20.1. The van der Waals surface area contributed by atoms with E-state index in [9.17, 15) is 9.50 Å². The number of benzene rings is 1. The number of hydrogen-bond acceptors (Lipinski definition) is 8. The highest BCUT2D eigenvalue weighted by Gasteiger charge is 2.33. The van der Waals surface area contributed by atoms with Gasteiger partial charge in [-0.1, -0.05) is 19.4 Å². The van der Waals surface area contributed by atoms with Crippen molar-refractivity contribution in [3.8, 4) is 28.5 Å².